The van der Waals surface area contributed by atoms with Gasteiger partial charge in [-0.25, -0.2) is 9.97 Å². The van der Waals surface area contributed by atoms with Crippen LogP contribution in [0.2, 0.25) is 0 Å². The molecule has 1 aromatic carbocycles. The maximum absolute atomic E-state index is 12.5. The number of hydrogen-bond donors (Lipinski definition) is 1. The molecule has 1 N–H and O–H groups in total. The van der Waals surface area contributed by atoms with Gasteiger partial charge in [0.15, 0.2) is 0 Å². The monoisotopic (exact) mass is 336 g/mol. The molecule has 1 aliphatic heterocycles. The first-order valence-electron chi connectivity index (χ1n) is 7.75. The Kier molecular flexibility index (Phi) is 3.96. The Morgan fingerprint density at radius 3 is 2.50 bits per heavy atom. The van der Waals surface area contributed by atoms with E-state index in [1.165, 1.54) is 5.56 Å². The number of nitrogens with one attached hydrogen (secondary N) is 1. The summed E-state index contributed by atoms with van der Waals surface area (Å²) < 4.78 is 0. The van der Waals surface area contributed by atoms with Gasteiger partial charge in [-0.05, 0) is 46.2 Å². The van der Waals surface area contributed by atoms with E-state index in [0.29, 0.717) is 19.0 Å². The first-order valence-corrected chi connectivity index (χ1v) is 8.69. The summed E-state index contributed by atoms with van der Waals surface area (Å²) in [6, 6.07) is 11.9. The number of anilines is 1. The summed E-state index contributed by atoms with van der Waals surface area (Å²) in [6.45, 7) is 1.34. The average molecular weight is 336 g/mol. The van der Waals surface area contributed by atoms with E-state index in [2.05, 4.69) is 32.1 Å². The summed E-state index contributed by atoms with van der Waals surface area (Å²) in [5, 5.41) is 7.39. The first-order chi connectivity index (χ1) is 11.8. The average Bonchev–Trinajstić information content (AvgIpc) is 3.13. The Labute approximate surface area is 144 Å². The second-order valence-electron chi connectivity index (χ2n) is 5.71. The molecule has 0 unspecified atom stereocenters. The van der Waals surface area contributed by atoms with E-state index < -0.39 is 0 Å². The van der Waals surface area contributed by atoms with Gasteiger partial charge in [-0.2, -0.15) is 11.3 Å². The van der Waals surface area contributed by atoms with E-state index in [-0.39, 0.29) is 11.9 Å². The number of nitrogens with zero attached hydrogens (tertiary/aromatic N) is 3. The van der Waals surface area contributed by atoms with Gasteiger partial charge in [0.25, 0.3) is 5.91 Å². The van der Waals surface area contributed by atoms with Crippen LogP contribution >= 0.6 is 11.3 Å². The van der Waals surface area contributed by atoms with E-state index in [9.17, 15) is 4.79 Å². The van der Waals surface area contributed by atoms with Crippen molar-refractivity contribution in [1.29, 1.82) is 0 Å². The molecule has 4 rings (SSSR count). The number of hydrogen-bond acceptors (Lipinski definition) is 5. The normalized spacial score (nSPS) is 14.2. The summed E-state index contributed by atoms with van der Waals surface area (Å²) in [7, 11) is 0. The second kappa shape index (κ2) is 6.41. The smallest absolute Gasteiger partial charge is 0.253 e. The number of carbonyl (C=O) groups excluding carboxylic acids is 1. The molecule has 1 aliphatic rings. The molecule has 1 fully saturated rings. The van der Waals surface area contributed by atoms with E-state index in [1.807, 2.05) is 29.2 Å². The van der Waals surface area contributed by atoms with Gasteiger partial charge in [-0.15, -0.1) is 0 Å². The van der Waals surface area contributed by atoms with Gasteiger partial charge in [0, 0.05) is 31.0 Å². The van der Waals surface area contributed by atoms with Crippen molar-refractivity contribution in [3.63, 3.8) is 0 Å². The molecule has 2 aromatic heterocycles. The standard InChI is InChI=1S/C18H16N4OS/c23-17(14-4-2-13(3-5-14)15-6-9-24-12-15)22-10-16(11-22)21-18-19-7-1-8-20-18/h1-9,12,16H,10-11H2,(H,19,20,21). The van der Waals surface area contributed by atoms with Crippen molar-refractivity contribution in [2.45, 2.75) is 6.04 Å². The third-order valence-corrected chi connectivity index (χ3v) is 4.74. The van der Waals surface area contributed by atoms with E-state index in [4.69, 9.17) is 0 Å². The van der Waals surface area contributed by atoms with Gasteiger partial charge >= 0.3 is 0 Å². The second-order valence-corrected chi connectivity index (χ2v) is 6.49. The van der Waals surface area contributed by atoms with Crippen LogP contribution in [0.5, 0.6) is 0 Å². The van der Waals surface area contributed by atoms with Crippen LogP contribution in [-0.2, 0) is 0 Å². The first kappa shape index (κ1) is 14.8. The minimum atomic E-state index is 0.0684. The predicted octanol–water partition coefficient (Wildman–Crippen LogP) is 3.14. The van der Waals surface area contributed by atoms with Gasteiger partial charge in [0.1, 0.15) is 0 Å². The minimum absolute atomic E-state index is 0.0684. The number of aromatic nitrogens is 2. The number of carbonyl (C=O) groups is 1. The lowest BCUT2D eigenvalue weighted by Gasteiger charge is -2.39. The largest absolute Gasteiger partial charge is 0.348 e. The summed E-state index contributed by atoms with van der Waals surface area (Å²) in [6.07, 6.45) is 3.40. The third-order valence-electron chi connectivity index (χ3n) is 4.05. The number of amides is 1. The Bertz CT molecular complexity index is 812. The Balaban J connectivity index is 1.35. The molecule has 0 atom stereocenters. The summed E-state index contributed by atoms with van der Waals surface area (Å²) in [4.78, 5) is 22.6. The molecule has 0 aliphatic carbocycles. The molecule has 0 bridgehead atoms. The van der Waals surface area contributed by atoms with Crippen molar-refractivity contribution in [2.24, 2.45) is 0 Å². The zero-order valence-electron chi connectivity index (χ0n) is 12.9. The number of thiophene rings is 1. The Morgan fingerprint density at radius 1 is 1.08 bits per heavy atom. The maximum Gasteiger partial charge on any atom is 0.253 e. The fourth-order valence-electron chi connectivity index (χ4n) is 2.71. The summed E-state index contributed by atoms with van der Waals surface area (Å²) in [5.74, 6) is 0.675. The highest BCUT2D eigenvalue weighted by atomic mass is 32.1. The molecule has 3 heterocycles. The zero-order chi connectivity index (χ0) is 16.4. The molecule has 120 valence electrons. The van der Waals surface area contributed by atoms with E-state index in [0.717, 1.165) is 11.1 Å². The van der Waals surface area contributed by atoms with Crippen LogP contribution in [0.4, 0.5) is 5.95 Å². The molecular formula is C18H16N4OS. The Morgan fingerprint density at radius 2 is 1.83 bits per heavy atom. The van der Waals surface area contributed by atoms with Crippen LogP contribution in [0.25, 0.3) is 11.1 Å². The van der Waals surface area contributed by atoms with Gasteiger partial charge in [-0.1, -0.05) is 12.1 Å². The van der Waals surface area contributed by atoms with Crippen LogP contribution in [0.1, 0.15) is 10.4 Å². The summed E-state index contributed by atoms with van der Waals surface area (Å²) in [5.41, 5.74) is 3.05. The van der Waals surface area contributed by atoms with Crippen LogP contribution < -0.4 is 5.32 Å². The van der Waals surface area contributed by atoms with Crippen LogP contribution in [0, 0.1) is 0 Å². The number of rotatable bonds is 4. The summed E-state index contributed by atoms with van der Waals surface area (Å²) >= 11 is 1.67. The van der Waals surface area contributed by atoms with Crippen LogP contribution in [0.3, 0.4) is 0 Å². The van der Waals surface area contributed by atoms with Crippen LogP contribution in [0.15, 0.2) is 59.6 Å². The third kappa shape index (κ3) is 3.00. The quantitative estimate of drug-likeness (QED) is 0.795. The van der Waals surface area contributed by atoms with Crippen molar-refractivity contribution in [3.8, 4) is 11.1 Å². The molecule has 5 nitrogen and oxygen atoms in total. The van der Waals surface area contributed by atoms with Gasteiger partial charge in [0.2, 0.25) is 5.95 Å². The maximum atomic E-state index is 12.5. The van der Waals surface area contributed by atoms with Crippen molar-refractivity contribution in [3.05, 3.63) is 65.1 Å². The minimum Gasteiger partial charge on any atom is -0.348 e. The number of benzene rings is 1. The molecule has 0 spiro atoms. The van der Waals surface area contributed by atoms with Crippen molar-refractivity contribution in [2.75, 3.05) is 18.4 Å². The lowest BCUT2D eigenvalue weighted by atomic mass is 10.0. The van der Waals surface area contributed by atoms with E-state index in [1.54, 1.807) is 29.8 Å². The topological polar surface area (TPSA) is 58.1 Å². The van der Waals surface area contributed by atoms with Crippen LogP contribution in [-0.4, -0.2) is 39.9 Å². The van der Waals surface area contributed by atoms with Gasteiger partial charge in [-0.3, -0.25) is 4.79 Å². The fourth-order valence-corrected chi connectivity index (χ4v) is 3.37. The van der Waals surface area contributed by atoms with E-state index >= 15 is 0 Å². The van der Waals surface area contributed by atoms with Gasteiger partial charge in [0.05, 0.1) is 6.04 Å². The highest BCUT2D eigenvalue weighted by Crippen LogP contribution is 2.23. The van der Waals surface area contributed by atoms with Crippen molar-refractivity contribution in [1.82, 2.24) is 14.9 Å². The predicted molar refractivity (Wildman–Crippen MR) is 95.1 cm³/mol. The SMILES string of the molecule is O=C(c1ccc(-c2ccsc2)cc1)N1CC(Nc2ncccn2)C1. The molecule has 1 amide bonds. The van der Waals surface area contributed by atoms with Crippen molar-refractivity contribution < 1.29 is 4.79 Å². The lowest BCUT2D eigenvalue weighted by Crippen LogP contribution is -2.57. The van der Waals surface area contributed by atoms with Crippen molar-refractivity contribution >= 4 is 23.2 Å². The molecule has 3 aromatic rings. The zero-order valence-corrected chi connectivity index (χ0v) is 13.7. The molecule has 6 heteroatoms. The Hall–Kier alpha value is -2.73. The highest BCUT2D eigenvalue weighted by Gasteiger charge is 2.31. The molecule has 0 saturated carbocycles. The molecule has 1 saturated heterocycles. The molecule has 0 radical (unpaired) electrons. The fraction of sp³-hybridized carbons (Fsp3) is 0.167. The lowest BCUT2D eigenvalue weighted by molar-refractivity contribution is 0.0624. The number of likely N-dealkylation sites (tertiary alicyclic amines) is 1. The van der Waals surface area contributed by atoms with Gasteiger partial charge < -0.3 is 10.2 Å². The molecule has 24 heavy (non-hydrogen) atoms. The molecular weight excluding hydrogens is 320 g/mol. The highest BCUT2D eigenvalue weighted by molar-refractivity contribution is 7.08.